The second-order valence-corrected chi connectivity index (χ2v) is 6.85. The summed E-state index contributed by atoms with van der Waals surface area (Å²) >= 11 is 1.28. The van der Waals surface area contributed by atoms with Gasteiger partial charge in [0, 0.05) is 16.5 Å². The number of thioether (sulfide) groups is 1. The smallest absolute Gasteiger partial charge is 0.211 e. The minimum atomic E-state index is 0.00798. The third kappa shape index (κ3) is 3.13. The SMILES string of the molecule is COc1ccc(C(=O)CSc2nnc3c(n2)[nH]c2ccc(C)cc23)cc1. The van der Waals surface area contributed by atoms with Gasteiger partial charge in [-0.25, -0.2) is 4.98 Å². The molecule has 0 aliphatic rings. The van der Waals surface area contributed by atoms with E-state index in [1.807, 2.05) is 19.1 Å². The molecule has 26 heavy (non-hydrogen) atoms. The highest BCUT2D eigenvalue weighted by atomic mass is 32.2. The van der Waals surface area contributed by atoms with Crippen molar-refractivity contribution in [2.75, 3.05) is 12.9 Å². The van der Waals surface area contributed by atoms with Crippen molar-refractivity contribution in [2.45, 2.75) is 12.1 Å². The summed E-state index contributed by atoms with van der Waals surface area (Å²) in [5, 5.41) is 9.93. The highest BCUT2D eigenvalue weighted by molar-refractivity contribution is 7.99. The lowest BCUT2D eigenvalue weighted by molar-refractivity contribution is 0.102. The quantitative estimate of drug-likeness (QED) is 0.428. The lowest BCUT2D eigenvalue weighted by Crippen LogP contribution is -2.03. The fraction of sp³-hybridized carbons (Fsp3) is 0.158. The van der Waals surface area contributed by atoms with Crippen molar-refractivity contribution in [2.24, 2.45) is 0 Å². The Balaban J connectivity index is 1.53. The molecule has 6 nitrogen and oxygen atoms in total. The minimum Gasteiger partial charge on any atom is -0.497 e. The van der Waals surface area contributed by atoms with E-state index in [0.29, 0.717) is 16.4 Å². The second kappa shape index (κ2) is 6.76. The zero-order valence-corrected chi connectivity index (χ0v) is 15.1. The van der Waals surface area contributed by atoms with E-state index >= 15 is 0 Å². The Morgan fingerprint density at radius 2 is 1.96 bits per heavy atom. The van der Waals surface area contributed by atoms with E-state index in [0.717, 1.165) is 27.7 Å². The molecule has 0 radical (unpaired) electrons. The lowest BCUT2D eigenvalue weighted by Gasteiger charge is -2.02. The van der Waals surface area contributed by atoms with Crippen molar-refractivity contribution >= 4 is 39.6 Å². The molecule has 4 rings (SSSR count). The molecule has 2 aromatic heterocycles. The number of benzene rings is 2. The molecule has 4 aromatic rings. The van der Waals surface area contributed by atoms with E-state index in [-0.39, 0.29) is 11.5 Å². The van der Waals surface area contributed by atoms with Crippen LogP contribution in [0.5, 0.6) is 5.75 Å². The number of aromatic nitrogens is 4. The topological polar surface area (TPSA) is 80.8 Å². The molecule has 1 N–H and O–H groups in total. The van der Waals surface area contributed by atoms with E-state index in [4.69, 9.17) is 4.74 Å². The molecular formula is C19H16N4O2S. The maximum absolute atomic E-state index is 12.3. The Labute approximate surface area is 154 Å². The fourth-order valence-corrected chi connectivity index (χ4v) is 3.40. The van der Waals surface area contributed by atoms with Gasteiger partial charge in [0.25, 0.3) is 0 Å². The number of ketones is 1. The number of nitrogens with zero attached hydrogens (tertiary/aromatic N) is 3. The summed E-state index contributed by atoms with van der Waals surface area (Å²) in [6.07, 6.45) is 0. The fourth-order valence-electron chi connectivity index (χ4n) is 2.72. The summed E-state index contributed by atoms with van der Waals surface area (Å²) in [4.78, 5) is 20.1. The maximum atomic E-state index is 12.3. The van der Waals surface area contributed by atoms with E-state index in [9.17, 15) is 4.79 Å². The molecule has 2 aromatic carbocycles. The molecule has 7 heteroatoms. The normalized spacial score (nSPS) is 11.2. The number of aromatic amines is 1. The summed E-state index contributed by atoms with van der Waals surface area (Å²) < 4.78 is 5.10. The summed E-state index contributed by atoms with van der Waals surface area (Å²) in [7, 11) is 1.60. The average molecular weight is 364 g/mol. The van der Waals surface area contributed by atoms with Gasteiger partial charge in [-0.2, -0.15) is 0 Å². The average Bonchev–Trinajstić information content (AvgIpc) is 3.03. The van der Waals surface area contributed by atoms with Crippen LogP contribution in [0.25, 0.3) is 22.1 Å². The van der Waals surface area contributed by atoms with Crippen LogP contribution in [0.15, 0.2) is 47.6 Å². The number of rotatable bonds is 5. The van der Waals surface area contributed by atoms with Crippen molar-refractivity contribution in [3.05, 3.63) is 53.6 Å². The lowest BCUT2D eigenvalue weighted by atomic mass is 10.1. The number of carbonyl (C=O) groups is 1. The van der Waals surface area contributed by atoms with E-state index in [2.05, 4.69) is 26.2 Å². The van der Waals surface area contributed by atoms with Crippen LogP contribution in [0, 0.1) is 6.92 Å². The van der Waals surface area contributed by atoms with E-state index in [1.54, 1.807) is 31.4 Å². The molecule has 0 bridgehead atoms. The Kier molecular flexibility index (Phi) is 4.30. The molecular weight excluding hydrogens is 348 g/mol. The molecule has 0 saturated heterocycles. The first-order valence-corrected chi connectivity index (χ1v) is 9.05. The highest BCUT2D eigenvalue weighted by Gasteiger charge is 2.12. The van der Waals surface area contributed by atoms with Gasteiger partial charge >= 0.3 is 0 Å². The number of hydrogen-bond acceptors (Lipinski definition) is 6. The Bertz CT molecular complexity index is 1110. The summed E-state index contributed by atoms with van der Waals surface area (Å²) in [6, 6.07) is 13.2. The molecule has 0 unspecified atom stereocenters. The van der Waals surface area contributed by atoms with Crippen LogP contribution in [-0.4, -0.2) is 38.8 Å². The molecule has 2 heterocycles. The van der Waals surface area contributed by atoms with Gasteiger partial charge in [-0.15, -0.1) is 10.2 Å². The third-order valence-corrected chi connectivity index (χ3v) is 4.93. The molecule has 0 aliphatic heterocycles. The van der Waals surface area contributed by atoms with Gasteiger partial charge in [-0.3, -0.25) is 4.79 Å². The predicted octanol–water partition coefficient (Wildman–Crippen LogP) is 3.80. The van der Waals surface area contributed by atoms with Gasteiger partial charge in [0.15, 0.2) is 11.4 Å². The number of hydrogen-bond donors (Lipinski definition) is 1. The third-order valence-electron chi connectivity index (χ3n) is 4.09. The number of methoxy groups -OCH3 is 1. The number of fused-ring (bicyclic) bond motifs is 3. The first kappa shape index (κ1) is 16.5. The van der Waals surface area contributed by atoms with Gasteiger partial charge in [0.05, 0.1) is 12.9 Å². The summed E-state index contributed by atoms with van der Waals surface area (Å²) in [6.45, 7) is 2.04. The van der Waals surface area contributed by atoms with Crippen LogP contribution in [0.1, 0.15) is 15.9 Å². The number of nitrogens with one attached hydrogen (secondary N) is 1. The van der Waals surface area contributed by atoms with Gasteiger partial charge < -0.3 is 9.72 Å². The summed E-state index contributed by atoms with van der Waals surface area (Å²) in [5.41, 5.74) is 4.19. The van der Waals surface area contributed by atoms with Crippen LogP contribution in [-0.2, 0) is 0 Å². The van der Waals surface area contributed by atoms with Crippen molar-refractivity contribution in [3.8, 4) is 5.75 Å². The zero-order chi connectivity index (χ0) is 18.1. The molecule has 0 aliphatic carbocycles. The molecule has 0 saturated carbocycles. The number of Topliss-reactive ketones (excluding diaryl/α,β-unsaturated/α-hetero) is 1. The number of carbonyl (C=O) groups excluding carboxylic acids is 1. The van der Waals surface area contributed by atoms with E-state index < -0.39 is 0 Å². The molecule has 0 spiro atoms. The van der Waals surface area contributed by atoms with Crippen molar-refractivity contribution in [1.29, 1.82) is 0 Å². The number of H-pyrrole nitrogens is 1. The van der Waals surface area contributed by atoms with Crippen LogP contribution < -0.4 is 4.74 Å². The van der Waals surface area contributed by atoms with Gasteiger partial charge in [-0.1, -0.05) is 23.4 Å². The maximum Gasteiger partial charge on any atom is 0.211 e. The van der Waals surface area contributed by atoms with Gasteiger partial charge in [-0.05, 0) is 43.3 Å². The number of aryl methyl sites for hydroxylation is 1. The largest absolute Gasteiger partial charge is 0.497 e. The van der Waals surface area contributed by atoms with Crippen molar-refractivity contribution < 1.29 is 9.53 Å². The monoisotopic (exact) mass is 364 g/mol. The predicted molar refractivity (Wildman–Crippen MR) is 102 cm³/mol. The van der Waals surface area contributed by atoms with E-state index in [1.165, 1.54) is 11.8 Å². The molecule has 0 fully saturated rings. The first-order valence-electron chi connectivity index (χ1n) is 8.07. The first-order chi connectivity index (χ1) is 12.6. The van der Waals surface area contributed by atoms with Crippen molar-refractivity contribution in [3.63, 3.8) is 0 Å². The Morgan fingerprint density at radius 3 is 2.73 bits per heavy atom. The Morgan fingerprint density at radius 1 is 1.15 bits per heavy atom. The highest BCUT2D eigenvalue weighted by Crippen LogP contribution is 2.25. The molecule has 0 atom stereocenters. The molecule has 130 valence electrons. The van der Waals surface area contributed by atoms with Gasteiger partial charge in [0.2, 0.25) is 5.16 Å². The van der Waals surface area contributed by atoms with Gasteiger partial charge in [0.1, 0.15) is 11.3 Å². The molecule has 0 amide bonds. The van der Waals surface area contributed by atoms with Crippen LogP contribution in [0.4, 0.5) is 0 Å². The standard InChI is InChI=1S/C19H16N4O2S/c1-11-3-8-15-14(9-11)17-18(20-15)21-19(23-22-17)26-10-16(24)12-4-6-13(25-2)7-5-12/h3-9H,10H2,1-2H3,(H,20,21,23). The second-order valence-electron chi connectivity index (χ2n) is 5.91. The zero-order valence-electron chi connectivity index (χ0n) is 14.3. The minimum absolute atomic E-state index is 0.00798. The summed E-state index contributed by atoms with van der Waals surface area (Å²) in [5.74, 6) is 0.980. The Hall–Kier alpha value is -2.93. The van der Waals surface area contributed by atoms with Crippen LogP contribution >= 0.6 is 11.8 Å². The van der Waals surface area contributed by atoms with Crippen LogP contribution in [0.3, 0.4) is 0 Å². The van der Waals surface area contributed by atoms with Crippen LogP contribution in [0.2, 0.25) is 0 Å². The number of ether oxygens (including phenoxy) is 1. The van der Waals surface area contributed by atoms with Crippen molar-refractivity contribution in [1.82, 2.24) is 20.2 Å².